The number of nitriles is 1. The molecule has 5 rings (SSSR count). The largest absolute Gasteiger partial charge is 0.376 e. The van der Waals surface area contributed by atoms with Crippen LogP contribution < -0.4 is 4.90 Å². The highest BCUT2D eigenvalue weighted by molar-refractivity contribution is 7.22. The Bertz CT molecular complexity index is 1350. The Hall–Kier alpha value is -3.35. The van der Waals surface area contributed by atoms with Crippen LogP contribution in [0.25, 0.3) is 15.9 Å². The van der Waals surface area contributed by atoms with Gasteiger partial charge in [-0.15, -0.1) is 0 Å². The van der Waals surface area contributed by atoms with Crippen LogP contribution in [-0.4, -0.2) is 44.7 Å². The summed E-state index contributed by atoms with van der Waals surface area (Å²) in [4.78, 5) is 24.6. The zero-order chi connectivity index (χ0) is 22.9. The van der Waals surface area contributed by atoms with E-state index in [0.29, 0.717) is 35.7 Å². The Balaban J connectivity index is 1.41. The van der Waals surface area contributed by atoms with Gasteiger partial charge in [0.15, 0.2) is 10.8 Å². The summed E-state index contributed by atoms with van der Waals surface area (Å²) in [7, 11) is 0. The summed E-state index contributed by atoms with van der Waals surface area (Å²) in [5.74, 6) is 0.0154. The van der Waals surface area contributed by atoms with Crippen molar-refractivity contribution in [3.05, 3.63) is 53.0 Å². The first kappa shape index (κ1) is 21.5. The molecule has 0 N–H and O–H groups in total. The fourth-order valence-electron chi connectivity index (χ4n) is 4.37. The number of aromatic nitrogens is 4. The standard InChI is InChI=1S/C24H24N6O2S/c1-15-19(16(2)30-23(27-15)17(12-25)13-26-30)9-10-22(31)29(14-18-6-5-11-32-18)24-28-20-7-3-4-8-21(20)33-24/h3-4,7-8,13,18H,5-6,9-11,14H2,1-2H3. The maximum atomic E-state index is 13.5. The minimum absolute atomic E-state index is 0.0154. The first-order valence-corrected chi connectivity index (χ1v) is 11.9. The van der Waals surface area contributed by atoms with E-state index in [0.717, 1.165) is 46.6 Å². The number of carbonyl (C=O) groups excluding carboxylic acids is 1. The normalized spacial score (nSPS) is 15.8. The van der Waals surface area contributed by atoms with Crippen LogP contribution in [0, 0.1) is 25.2 Å². The quantitative estimate of drug-likeness (QED) is 0.432. The van der Waals surface area contributed by atoms with Gasteiger partial charge in [-0.3, -0.25) is 9.69 Å². The van der Waals surface area contributed by atoms with E-state index >= 15 is 0 Å². The molecule has 3 aromatic heterocycles. The van der Waals surface area contributed by atoms with Crippen molar-refractivity contribution >= 4 is 38.2 Å². The summed E-state index contributed by atoms with van der Waals surface area (Å²) in [5, 5.41) is 14.3. The third kappa shape index (κ3) is 4.08. The molecule has 1 aliphatic rings. The number of aryl methyl sites for hydroxylation is 2. The molecule has 0 saturated carbocycles. The van der Waals surface area contributed by atoms with Crippen LogP contribution in [0.2, 0.25) is 0 Å². The summed E-state index contributed by atoms with van der Waals surface area (Å²) in [6, 6.07) is 10.1. The van der Waals surface area contributed by atoms with Crippen LogP contribution >= 0.6 is 11.3 Å². The SMILES string of the molecule is Cc1nc2c(C#N)cnn2c(C)c1CCC(=O)N(CC1CCCO1)c1nc2ccccc2s1. The first-order chi connectivity index (χ1) is 16.0. The van der Waals surface area contributed by atoms with Crippen molar-refractivity contribution in [3.8, 4) is 6.07 Å². The monoisotopic (exact) mass is 460 g/mol. The lowest BCUT2D eigenvalue weighted by atomic mass is 10.1. The average molecular weight is 461 g/mol. The molecule has 9 heteroatoms. The van der Waals surface area contributed by atoms with E-state index in [-0.39, 0.29) is 12.0 Å². The summed E-state index contributed by atoms with van der Waals surface area (Å²) in [5.41, 5.74) is 4.59. The first-order valence-electron chi connectivity index (χ1n) is 11.1. The smallest absolute Gasteiger partial charge is 0.229 e. The lowest BCUT2D eigenvalue weighted by molar-refractivity contribution is -0.119. The molecule has 0 radical (unpaired) electrons. The van der Waals surface area contributed by atoms with Gasteiger partial charge in [0.25, 0.3) is 0 Å². The van der Waals surface area contributed by atoms with Crippen molar-refractivity contribution in [3.63, 3.8) is 0 Å². The Morgan fingerprint density at radius 2 is 2.18 bits per heavy atom. The van der Waals surface area contributed by atoms with Gasteiger partial charge in [0, 0.05) is 24.4 Å². The number of nitrogens with zero attached hydrogens (tertiary/aromatic N) is 6. The van der Waals surface area contributed by atoms with E-state index in [1.165, 1.54) is 17.5 Å². The van der Waals surface area contributed by atoms with E-state index in [9.17, 15) is 10.1 Å². The number of thiazole rings is 1. The van der Waals surface area contributed by atoms with Crippen LogP contribution in [0.4, 0.5) is 5.13 Å². The maximum Gasteiger partial charge on any atom is 0.229 e. The average Bonchev–Trinajstić information content (AvgIpc) is 3.56. The summed E-state index contributed by atoms with van der Waals surface area (Å²) in [6.45, 7) is 5.12. The second-order valence-corrected chi connectivity index (χ2v) is 9.28. The molecule has 1 atom stereocenters. The number of amides is 1. The van der Waals surface area contributed by atoms with Crippen LogP contribution in [-0.2, 0) is 16.0 Å². The van der Waals surface area contributed by atoms with Crippen molar-refractivity contribution in [1.29, 1.82) is 5.26 Å². The molecule has 0 bridgehead atoms. The number of hydrogen-bond acceptors (Lipinski definition) is 7. The van der Waals surface area contributed by atoms with Crippen LogP contribution in [0.3, 0.4) is 0 Å². The zero-order valence-electron chi connectivity index (χ0n) is 18.6. The summed E-state index contributed by atoms with van der Waals surface area (Å²) < 4.78 is 8.57. The van der Waals surface area contributed by atoms with Crippen LogP contribution in [0.5, 0.6) is 0 Å². The Morgan fingerprint density at radius 1 is 1.33 bits per heavy atom. The highest BCUT2D eigenvalue weighted by Gasteiger charge is 2.26. The molecule has 1 aromatic carbocycles. The van der Waals surface area contributed by atoms with Gasteiger partial charge >= 0.3 is 0 Å². The topological polar surface area (TPSA) is 96.4 Å². The molecular formula is C24H24N6O2S. The number of hydrogen-bond donors (Lipinski definition) is 0. The van der Waals surface area contributed by atoms with Gasteiger partial charge in [-0.25, -0.2) is 14.5 Å². The predicted octanol–water partition coefficient (Wildman–Crippen LogP) is 3.97. The summed E-state index contributed by atoms with van der Waals surface area (Å²) in [6.07, 6.45) is 4.40. The third-order valence-electron chi connectivity index (χ3n) is 6.14. The molecule has 1 aliphatic heterocycles. The highest BCUT2D eigenvalue weighted by Crippen LogP contribution is 2.30. The number of benzene rings is 1. The zero-order valence-corrected chi connectivity index (χ0v) is 19.4. The Labute approximate surface area is 195 Å². The van der Waals surface area contributed by atoms with Crippen molar-refractivity contribution in [1.82, 2.24) is 19.6 Å². The van der Waals surface area contributed by atoms with E-state index in [1.807, 2.05) is 38.1 Å². The minimum atomic E-state index is 0.0154. The maximum absolute atomic E-state index is 13.5. The fourth-order valence-corrected chi connectivity index (χ4v) is 5.36. The Kier molecular flexibility index (Phi) is 5.79. The number of fused-ring (bicyclic) bond motifs is 2. The molecule has 33 heavy (non-hydrogen) atoms. The van der Waals surface area contributed by atoms with Crippen molar-refractivity contribution in [2.24, 2.45) is 0 Å². The van der Waals surface area contributed by atoms with Gasteiger partial charge in [-0.2, -0.15) is 10.4 Å². The molecule has 1 unspecified atom stereocenters. The van der Waals surface area contributed by atoms with E-state index < -0.39 is 0 Å². The third-order valence-corrected chi connectivity index (χ3v) is 7.20. The van der Waals surface area contributed by atoms with Gasteiger partial charge in [0.1, 0.15) is 11.6 Å². The number of para-hydroxylation sites is 1. The van der Waals surface area contributed by atoms with Gasteiger partial charge in [0.05, 0.1) is 29.1 Å². The van der Waals surface area contributed by atoms with Gasteiger partial charge in [-0.05, 0) is 50.8 Å². The Morgan fingerprint density at radius 3 is 2.94 bits per heavy atom. The van der Waals surface area contributed by atoms with E-state index in [2.05, 4.69) is 16.2 Å². The summed E-state index contributed by atoms with van der Waals surface area (Å²) >= 11 is 1.53. The van der Waals surface area contributed by atoms with Crippen molar-refractivity contribution in [2.45, 2.75) is 45.6 Å². The fraction of sp³-hybridized carbons (Fsp3) is 0.375. The molecule has 1 fully saturated rings. The second kappa shape index (κ2) is 8.89. The molecule has 1 saturated heterocycles. The van der Waals surface area contributed by atoms with E-state index in [4.69, 9.17) is 9.72 Å². The van der Waals surface area contributed by atoms with Crippen LogP contribution in [0.15, 0.2) is 30.5 Å². The van der Waals surface area contributed by atoms with Crippen molar-refractivity contribution < 1.29 is 9.53 Å². The number of ether oxygens (including phenoxy) is 1. The number of anilines is 1. The molecule has 4 aromatic rings. The van der Waals surface area contributed by atoms with E-state index in [1.54, 1.807) is 9.42 Å². The second-order valence-electron chi connectivity index (χ2n) is 8.27. The number of carbonyl (C=O) groups is 1. The minimum Gasteiger partial charge on any atom is -0.376 e. The predicted molar refractivity (Wildman–Crippen MR) is 126 cm³/mol. The highest BCUT2D eigenvalue weighted by atomic mass is 32.1. The van der Waals surface area contributed by atoms with Crippen molar-refractivity contribution in [2.75, 3.05) is 18.1 Å². The molecule has 4 heterocycles. The van der Waals surface area contributed by atoms with Gasteiger partial charge in [-0.1, -0.05) is 23.5 Å². The molecule has 168 valence electrons. The molecule has 8 nitrogen and oxygen atoms in total. The number of rotatable bonds is 6. The lowest BCUT2D eigenvalue weighted by Crippen LogP contribution is -2.37. The molecule has 0 aliphatic carbocycles. The molecular weight excluding hydrogens is 436 g/mol. The molecule has 1 amide bonds. The van der Waals surface area contributed by atoms with Crippen LogP contribution in [0.1, 0.15) is 41.8 Å². The molecule has 0 spiro atoms. The van der Waals surface area contributed by atoms with Gasteiger partial charge in [0.2, 0.25) is 5.91 Å². The lowest BCUT2D eigenvalue weighted by Gasteiger charge is -2.23. The van der Waals surface area contributed by atoms with Gasteiger partial charge < -0.3 is 4.74 Å².